The number of rotatable bonds is 17. The Morgan fingerprint density at radius 1 is 0.179 bits per heavy atom. The van der Waals surface area contributed by atoms with Gasteiger partial charge in [0.05, 0.1) is 22.1 Å². The van der Waals surface area contributed by atoms with Gasteiger partial charge in [-0.25, -0.2) is 0 Å². The van der Waals surface area contributed by atoms with Gasteiger partial charge < -0.3 is 20.0 Å². The van der Waals surface area contributed by atoms with Crippen LogP contribution in [0.3, 0.4) is 0 Å². The van der Waals surface area contributed by atoms with E-state index in [0.717, 1.165) is 86.8 Å². The maximum Gasteiger partial charge on any atom is 0.0629 e. The van der Waals surface area contributed by atoms with Gasteiger partial charge in [0.1, 0.15) is 0 Å². The van der Waals surface area contributed by atoms with Crippen molar-refractivity contribution < 1.29 is 16.4 Å². The fraction of sp³-hybridized carbons (Fsp3) is 0. The van der Waals surface area contributed by atoms with Gasteiger partial charge in [-0.1, -0.05) is 375 Å². The molecule has 0 spiro atoms. The highest BCUT2D eigenvalue weighted by Gasteiger charge is 2.18. The van der Waals surface area contributed by atoms with E-state index >= 15 is 0 Å². The van der Waals surface area contributed by atoms with Crippen molar-refractivity contribution in [2.75, 3.05) is 20.0 Å². The molecule has 0 aromatic heterocycles. The Morgan fingerprint density at radius 3 is 0.718 bits per heavy atom. The number of para-hydroxylation sites is 6. The van der Waals surface area contributed by atoms with Crippen LogP contribution in [0, 0.1) is 0 Å². The van der Waals surface area contributed by atoms with Crippen LogP contribution in [0.1, 0.15) is 16.4 Å². The van der Waals surface area contributed by atoms with Crippen LogP contribution in [0.25, 0.3) is 88.3 Å². The molecule has 7 heteroatoms. The van der Waals surface area contributed by atoms with Crippen molar-refractivity contribution in [3.8, 4) is 66.8 Å². The van der Waals surface area contributed by atoms with Crippen molar-refractivity contribution in [1.82, 2.24) is 0 Å². The van der Waals surface area contributed by atoms with E-state index in [4.69, 9.17) is 16.4 Å². The van der Waals surface area contributed by atoms with E-state index in [-0.39, 0.29) is 83.6 Å². The molecule has 0 atom stereocenters. The molecule has 0 aliphatic rings. The van der Waals surface area contributed by atoms with Gasteiger partial charge >= 0.3 is 0 Å². The van der Waals surface area contributed by atoms with Crippen molar-refractivity contribution in [2.24, 2.45) is 0 Å². The maximum absolute atomic E-state index is 9.08. The van der Waals surface area contributed by atoms with Crippen LogP contribution < -0.4 is 20.0 Å². The second kappa shape index (κ2) is 38.0. The molecule has 0 bridgehead atoms. The number of nitrogens with one attached hydrogen (secondary N) is 1. The maximum atomic E-state index is 9.08. The lowest BCUT2D eigenvalue weighted by Gasteiger charge is -2.27. The number of halogens is 3. The quantitative estimate of drug-likeness (QED) is 0.0981. The van der Waals surface area contributed by atoms with Crippen molar-refractivity contribution in [1.29, 1.82) is 0 Å². The van der Waals surface area contributed by atoms with Crippen LogP contribution in [-0.2, 0) is 0 Å². The molecule has 0 amide bonds. The third-order valence-corrected chi connectivity index (χ3v) is 21.0. The first-order valence-corrected chi connectivity index (χ1v) is 40.5. The molecule has 0 fully saturated rings. The Labute approximate surface area is 728 Å². The lowest BCUT2D eigenvalue weighted by Crippen LogP contribution is -2.10. The molecule has 0 unspecified atom stereocenters. The summed E-state index contributed by atoms with van der Waals surface area (Å²) in [6.45, 7) is 0. The average Bonchev–Trinajstić information content (AvgIpc) is 0.764. The molecule has 0 aliphatic carbocycles. The molecular formula is C110H81Br3N4. The Morgan fingerprint density at radius 2 is 0.402 bits per heavy atom. The molecule has 19 rings (SSSR count). The highest BCUT2D eigenvalue weighted by molar-refractivity contribution is 9.11. The van der Waals surface area contributed by atoms with Crippen molar-refractivity contribution >= 4 is 132 Å². The number of hydrogen-bond donors (Lipinski definition) is 1. The highest BCUT2D eigenvalue weighted by Crippen LogP contribution is 2.42. The van der Waals surface area contributed by atoms with Gasteiger partial charge in [-0.3, -0.25) is 0 Å². The topological polar surface area (TPSA) is 21.8 Å². The van der Waals surface area contributed by atoms with Gasteiger partial charge in [-0.05, 0) is 235 Å². The number of nitrogens with zero attached hydrogens (tertiary/aromatic N) is 3. The number of fused-ring (bicyclic) bond motifs is 2. The number of hydrogen-bond acceptors (Lipinski definition) is 4. The lowest BCUT2D eigenvalue weighted by atomic mass is 9.99. The SMILES string of the molecule is [2H]c1c([2H])c(-c2ccc(Br)cc2)c([2H])c([2H])c1-c1ccc(Br)cc1.[2H]c1c([2H])c(-c2ccc(N(c3ccccc3)c3cccc4ccccc34)cc2)c([2H])c([2H])c1-c1ccc(N(c2ccccc2)c2ccccc2)cc1.[2H]c1c([2H])c(-c2ccc(N(c3ccccc3)c3ccccc3)cc2)c([2H])c([2H])c1-c1ccc(Br)cc1.c1ccc(Nc2cccc3ccccc23)cc1. The monoisotopic (exact) mass is 1710 g/mol. The molecule has 0 radical (unpaired) electrons. The molecule has 0 saturated heterocycles. The summed E-state index contributed by atoms with van der Waals surface area (Å²) in [6.07, 6.45) is 0. The van der Waals surface area contributed by atoms with Crippen LogP contribution in [-0.4, -0.2) is 0 Å². The molecule has 19 aromatic rings. The summed E-state index contributed by atoms with van der Waals surface area (Å²) < 4.78 is 107. The van der Waals surface area contributed by atoms with Crippen LogP contribution >= 0.6 is 47.8 Å². The second-order valence-corrected chi connectivity index (χ2v) is 29.9. The minimum atomic E-state index is -0.0722. The molecule has 0 heterocycles. The number of anilines is 11. The van der Waals surface area contributed by atoms with E-state index in [1.807, 2.05) is 255 Å². The first kappa shape index (κ1) is 63.7. The Hall–Kier alpha value is -13.7. The second-order valence-electron chi connectivity index (χ2n) is 27.1. The van der Waals surface area contributed by atoms with Crippen molar-refractivity contribution in [3.05, 3.63) is 498 Å². The summed E-state index contributed by atoms with van der Waals surface area (Å²) in [5.74, 6) is 0. The van der Waals surface area contributed by atoms with E-state index in [0.29, 0.717) is 55.6 Å². The largest absolute Gasteiger partial charge is 0.355 e. The van der Waals surface area contributed by atoms with Crippen LogP contribution in [0.2, 0.25) is 0 Å². The van der Waals surface area contributed by atoms with E-state index in [1.165, 1.54) is 10.8 Å². The minimum Gasteiger partial charge on any atom is -0.355 e. The Balaban J connectivity index is 0.000000137. The summed E-state index contributed by atoms with van der Waals surface area (Å²) in [6, 6.07) is 134. The van der Waals surface area contributed by atoms with Crippen LogP contribution in [0.4, 0.5) is 62.6 Å². The summed E-state index contributed by atoms with van der Waals surface area (Å²) >= 11 is 10.1. The van der Waals surface area contributed by atoms with Gasteiger partial charge in [-0.2, -0.15) is 0 Å². The summed E-state index contributed by atoms with van der Waals surface area (Å²) in [5.41, 5.74) is 16.7. The van der Waals surface area contributed by atoms with E-state index in [2.05, 4.69) is 189 Å². The predicted molar refractivity (Wildman–Crippen MR) is 510 cm³/mol. The molecule has 4 nitrogen and oxygen atoms in total. The van der Waals surface area contributed by atoms with Crippen molar-refractivity contribution in [2.45, 2.75) is 0 Å². The first-order chi connectivity index (χ1) is 62.8. The van der Waals surface area contributed by atoms with Gasteiger partial charge in [0.25, 0.3) is 0 Å². The third kappa shape index (κ3) is 19.4. The predicted octanol–water partition coefficient (Wildman–Crippen LogP) is 33.5. The first-order valence-electron chi connectivity index (χ1n) is 44.1. The molecule has 1 N–H and O–H groups in total. The normalized spacial score (nSPS) is 12.1. The van der Waals surface area contributed by atoms with Crippen molar-refractivity contribution in [3.63, 3.8) is 0 Å². The van der Waals surface area contributed by atoms with E-state index < -0.39 is 0 Å². The Bertz CT molecular complexity index is 6900. The highest BCUT2D eigenvalue weighted by atomic mass is 79.9. The van der Waals surface area contributed by atoms with Gasteiger partial charge in [0.15, 0.2) is 0 Å². The summed E-state index contributed by atoms with van der Waals surface area (Å²) in [7, 11) is 0. The fourth-order valence-corrected chi connectivity index (χ4v) is 14.4. The Kier molecular flexibility index (Phi) is 20.7. The zero-order valence-electron chi connectivity index (χ0n) is 75.2. The fourth-order valence-electron chi connectivity index (χ4n) is 13.6. The third-order valence-electron chi connectivity index (χ3n) is 19.4. The van der Waals surface area contributed by atoms with E-state index in [1.54, 1.807) is 36.4 Å². The standard InChI is InChI=1S/C46H34N2.C30H22BrN.C18H12Br2.C16H13N/c1-4-15-40(16-5-1)47(41-17-6-2-7-18-41)43-31-27-37(28-32-43)35-23-25-36(26-24-35)38-29-33-44(34-30-38)48(42-19-8-3-9-20-42)46-22-12-14-39-13-10-11-21-45(39)46;31-27-19-15-25(16-20-27)23-11-13-24(14-12-23)26-17-21-30(22-18-26)32(28-7-3-1-4-8-28)29-9-5-2-6-10-29;19-17-9-5-15(6-10-17)13-1-2-14(4-3-13)16-7-11-18(20)12-8-16;1-2-9-14(10-3-1)17-16-12-6-8-13-7-4-5-11-15(13)16/h1-34H;1-22H;1-12H;1-12,17H/i23D,24D,25D,26D;11D,12D,13D,14D;1D,2D,3D,4D;. The smallest absolute Gasteiger partial charge is 0.0629 e. The molecule has 0 saturated carbocycles. The average molecular weight is 1710 g/mol. The molecule has 562 valence electrons. The van der Waals surface area contributed by atoms with Crippen LogP contribution in [0.5, 0.6) is 0 Å². The summed E-state index contributed by atoms with van der Waals surface area (Å²) in [5, 5.41) is 8.21. The van der Waals surface area contributed by atoms with Gasteiger partial charge in [0.2, 0.25) is 0 Å². The van der Waals surface area contributed by atoms with Gasteiger partial charge in [0, 0.05) is 81.1 Å². The minimum absolute atomic E-state index is 0.0313. The molecule has 19 aromatic carbocycles. The zero-order chi connectivity index (χ0) is 89.8. The molecule has 117 heavy (non-hydrogen) atoms. The van der Waals surface area contributed by atoms with E-state index in [9.17, 15) is 0 Å². The zero-order valence-corrected chi connectivity index (χ0v) is 68.0. The summed E-state index contributed by atoms with van der Waals surface area (Å²) in [4.78, 5) is 6.48. The number of benzene rings is 19. The lowest BCUT2D eigenvalue weighted by molar-refractivity contribution is 1.28. The van der Waals surface area contributed by atoms with Crippen LogP contribution in [0.15, 0.2) is 498 Å². The molecule has 0 aliphatic heterocycles. The molecular weight excluding hydrogens is 1620 g/mol. The van der Waals surface area contributed by atoms with Gasteiger partial charge in [-0.15, -0.1) is 0 Å².